The summed E-state index contributed by atoms with van der Waals surface area (Å²) >= 11 is 0. The molecule has 3 N–H and O–H groups in total. The van der Waals surface area contributed by atoms with Gasteiger partial charge in [-0.3, -0.25) is 9.69 Å². The lowest BCUT2D eigenvalue weighted by molar-refractivity contribution is -0.122. The number of benzene rings is 2. The lowest BCUT2D eigenvalue weighted by Gasteiger charge is -2.35. The molecule has 1 fully saturated rings. The van der Waals surface area contributed by atoms with Crippen molar-refractivity contribution in [3.05, 3.63) is 71.5 Å². The lowest BCUT2D eigenvalue weighted by atomic mass is 10.0. The molecule has 27 heavy (non-hydrogen) atoms. The molecule has 5 nitrogen and oxygen atoms in total. The molecule has 1 amide bonds. The van der Waals surface area contributed by atoms with Crippen molar-refractivity contribution in [1.82, 2.24) is 10.2 Å². The van der Waals surface area contributed by atoms with Gasteiger partial charge in [-0.05, 0) is 29.7 Å². The number of hydrogen-bond donors (Lipinski definition) is 2. The molecular formula is C21H26FN3O2. The molecule has 0 aliphatic carbocycles. The van der Waals surface area contributed by atoms with Crippen molar-refractivity contribution in [2.45, 2.75) is 18.5 Å². The van der Waals surface area contributed by atoms with Crippen molar-refractivity contribution in [3.63, 3.8) is 0 Å². The smallest absolute Gasteiger partial charge is 0.237 e. The first kappa shape index (κ1) is 19.5. The number of nitrogens with two attached hydrogens (primary N) is 1. The lowest BCUT2D eigenvalue weighted by Crippen LogP contribution is -2.47. The normalized spacial score (nSPS) is 17.3. The third-order valence-electron chi connectivity index (χ3n) is 4.85. The summed E-state index contributed by atoms with van der Waals surface area (Å²) < 4.78 is 18.7. The zero-order valence-electron chi connectivity index (χ0n) is 15.3. The largest absolute Gasteiger partial charge is 0.379 e. The average Bonchev–Trinajstić information content (AvgIpc) is 2.71. The molecule has 2 aromatic carbocycles. The van der Waals surface area contributed by atoms with Crippen LogP contribution in [0.25, 0.3) is 0 Å². The fourth-order valence-electron chi connectivity index (χ4n) is 3.32. The van der Waals surface area contributed by atoms with Crippen molar-refractivity contribution in [2.24, 2.45) is 5.73 Å². The van der Waals surface area contributed by atoms with E-state index in [9.17, 15) is 9.18 Å². The summed E-state index contributed by atoms with van der Waals surface area (Å²) in [7, 11) is 0. The zero-order chi connectivity index (χ0) is 19.1. The highest BCUT2D eigenvalue weighted by Crippen LogP contribution is 2.21. The van der Waals surface area contributed by atoms with Gasteiger partial charge in [0.1, 0.15) is 5.82 Å². The minimum absolute atomic E-state index is 0.0395. The van der Waals surface area contributed by atoms with Crippen LogP contribution in [-0.4, -0.2) is 49.7 Å². The van der Waals surface area contributed by atoms with E-state index >= 15 is 0 Å². The summed E-state index contributed by atoms with van der Waals surface area (Å²) in [4.78, 5) is 14.7. The average molecular weight is 371 g/mol. The molecule has 1 saturated heterocycles. The Balaban J connectivity index is 1.62. The van der Waals surface area contributed by atoms with E-state index in [2.05, 4.69) is 10.2 Å². The molecule has 0 radical (unpaired) electrons. The van der Waals surface area contributed by atoms with Gasteiger partial charge in [0.05, 0.1) is 25.3 Å². The van der Waals surface area contributed by atoms with Gasteiger partial charge in [-0.2, -0.15) is 0 Å². The maximum Gasteiger partial charge on any atom is 0.237 e. The Hall–Kier alpha value is -2.28. The molecule has 2 atom stereocenters. The van der Waals surface area contributed by atoms with Gasteiger partial charge in [0.15, 0.2) is 0 Å². The van der Waals surface area contributed by atoms with Gasteiger partial charge in [0, 0.05) is 19.6 Å². The molecule has 1 heterocycles. The predicted molar refractivity (Wildman–Crippen MR) is 103 cm³/mol. The second-order valence-electron chi connectivity index (χ2n) is 6.76. The number of carbonyl (C=O) groups is 1. The second kappa shape index (κ2) is 9.60. The number of nitrogens with one attached hydrogen (secondary N) is 1. The first-order valence-electron chi connectivity index (χ1n) is 9.28. The maximum atomic E-state index is 13.3. The monoisotopic (exact) mass is 371 g/mol. The summed E-state index contributed by atoms with van der Waals surface area (Å²) in [5.74, 6) is -0.451. The maximum absolute atomic E-state index is 13.3. The van der Waals surface area contributed by atoms with Gasteiger partial charge >= 0.3 is 0 Å². The molecule has 0 bridgehead atoms. The first-order chi connectivity index (χ1) is 13.1. The van der Waals surface area contributed by atoms with Crippen LogP contribution >= 0.6 is 0 Å². The van der Waals surface area contributed by atoms with Crippen molar-refractivity contribution in [2.75, 3.05) is 32.8 Å². The number of hydrogen-bond acceptors (Lipinski definition) is 4. The third-order valence-corrected chi connectivity index (χ3v) is 4.85. The third kappa shape index (κ3) is 5.60. The standard InChI is InChI=1S/C21H26FN3O2/c22-18-8-6-17(7-9-18)20(25-10-12-27-13-11-25)15-24-21(26)19(23)14-16-4-2-1-3-5-16/h1-9,19-20H,10-15,23H2,(H,24,26). The quantitative estimate of drug-likeness (QED) is 0.780. The van der Waals surface area contributed by atoms with E-state index in [1.807, 2.05) is 30.3 Å². The number of ether oxygens (including phenoxy) is 1. The van der Waals surface area contributed by atoms with E-state index < -0.39 is 6.04 Å². The number of rotatable bonds is 7. The Bertz CT molecular complexity index is 718. The SMILES string of the molecule is NC(Cc1ccccc1)C(=O)NCC(c1ccc(F)cc1)N1CCOCC1. The Labute approximate surface area is 159 Å². The highest BCUT2D eigenvalue weighted by molar-refractivity contribution is 5.81. The van der Waals surface area contributed by atoms with Gasteiger partial charge in [-0.1, -0.05) is 42.5 Å². The molecular weight excluding hydrogens is 345 g/mol. The summed E-state index contributed by atoms with van der Waals surface area (Å²) in [6.07, 6.45) is 0.492. The van der Waals surface area contributed by atoms with Crippen LogP contribution in [0.5, 0.6) is 0 Å². The van der Waals surface area contributed by atoms with Gasteiger partial charge in [-0.15, -0.1) is 0 Å². The van der Waals surface area contributed by atoms with E-state index in [4.69, 9.17) is 10.5 Å². The van der Waals surface area contributed by atoms with Crippen molar-refractivity contribution in [1.29, 1.82) is 0 Å². The van der Waals surface area contributed by atoms with E-state index in [-0.39, 0.29) is 17.8 Å². The number of nitrogens with zero attached hydrogens (tertiary/aromatic N) is 1. The Morgan fingerprint density at radius 2 is 1.78 bits per heavy atom. The fraction of sp³-hybridized carbons (Fsp3) is 0.381. The molecule has 0 spiro atoms. The van der Waals surface area contributed by atoms with Gasteiger partial charge in [0.25, 0.3) is 0 Å². The van der Waals surface area contributed by atoms with Gasteiger partial charge in [0.2, 0.25) is 5.91 Å². The van der Waals surface area contributed by atoms with Crippen LogP contribution < -0.4 is 11.1 Å². The van der Waals surface area contributed by atoms with Crippen molar-refractivity contribution < 1.29 is 13.9 Å². The van der Waals surface area contributed by atoms with Crippen LogP contribution in [0.4, 0.5) is 4.39 Å². The van der Waals surface area contributed by atoms with E-state index in [1.165, 1.54) is 12.1 Å². The Kier molecular flexibility index (Phi) is 6.92. The highest BCUT2D eigenvalue weighted by Gasteiger charge is 2.24. The number of amides is 1. The molecule has 0 saturated carbocycles. The van der Waals surface area contributed by atoms with Crippen LogP contribution in [0.2, 0.25) is 0 Å². The minimum Gasteiger partial charge on any atom is -0.379 e. The molecule has 2 aromatic rings. The van der Waals surface area contributed by atoms with E-state index in [0.29, 0.717) is 26.2 Å². The van der Waals surface area contributed by atoms with E-state index in [1.54, 1.807) is 12.1 Å². The second-order valence-corrected chi connectivity index (χ2v) is 6.76. The van der Waals surface area contributed by atoms with Crippen molar-refractivity contribution >= 4 is 5.91 Å². The van der Waals surface area contributed by atoms with Crippen LogP contribution in [0.15, 0.2) is 54.6 Å². The number of morpholine rings is 1. The summed E-state index contributed by atoms with van der Waals surface area (Å²) in [5, 5.41) is 2.97. The number of carbonyl (C=O) groups excluding carboxylic acids is 1. The summed E-state index contributed by atoms with van der Waals surface area (Å²) in [6, 6.07) is 15.5. The summed E-state index contributed by atoms with van der Waals surface area (Å²) in [5.41, 5.74) is 8.08. The van der Waals surface area contributed by atoms with Crippen LogP contribution in [0, 0.1) is 5.82 Å². The van der Waals surface area contributed by atoms with Crippen LogP contribution in [-0.2, 0) is 16.0 Å². The molecule has 2 unspecified atom stereocenters. The fourth-order valence-corrected chi connectivity index (χ4v) is 3.32. The Morgan fingerprint density at radius 1 is 1.11 bits per heavy atom. The molecule has 1 aliphatic rings. The predicted octanol–water partition coefficient (Wildman–Crippen LogP) is 1.89. The topological polar surface area (TPSA) is 67.6 Å². The molecule has 144 valence electrons. The van der Waals surface area contributed by atoms with Gasteiger partial charge in [-0.25, -0.2) is 4.39 Å². The molecule has 0 aromatic heterocycles. The molecule has 6 heteroatoms. The zero-order valence-corrected chi connectivity index (χ0v) is 15.3. The molecule has 1 aliphatic heterocycles. The number of halogens is 1. The van der Waals surface area contributed by atoms with Crippen molar-refractivity contribution in [3.8, 4) is 0 Å². The van der Waals surface area contributed by atoms with E-state index in [0.717, 1.165) is 24.2 Å². The summed E-state index contributed by atoms with van der Waals surface area (Å²) in [6.45, 7) is 3.27. The minimum atomic E-state index is -0.606. The highest BCUT2D eigenvalue weighted by atomic mass is 19.1. The molecule has 3 rings (SSSR count). The van der Waals surface area contributed by atoms with Gasteiger partial charge < -0.3 is 15.8 Å². The Morgan fingerprint density at radius 3 is 2.44 bits per heavy atom. The first-order valence-corrected chi connectivity index (χ1v) is 9.28. The van der Waals surface area contributed by atoms with Crippen LogP contribution in [0.1, 0.15) is 17.2 Å². The van der Waals surface area contributed by atoms with Crippen LogP contribution in [0.3, 0.4) is 0 Å².